The van der Waals surface area contributed by atoms with Crippen LogP contribution in [0.5, 0.6) is 0 Å². The highest BCUT2D eigenvalue weighted by Gasteiger charge is 2.33. The monoisotopic (exact) mass is 228 g/mol. The van der Waals surface area contributed by atoms with Gasteiger partial charge in [-0.15, -0.1) is 0 Å². The Morgan fingerprint density at radius 1 is 1.53 bits per heavy atom. The van der Waals surface area contributed by atoms with E-state index in [1.807, 2.05) is 6.92 Å². The van der Waals surface area contributed by atoms with E-state index >= 15 is 0 Å². The molecule has 0 bridgehead atoms. The van der Waals surface area contributed by atoms with Gasteiger partial charge < -0.3 is 10.5 Å². The highest BCUT2D eigenvalue weighted by Crippen LogP contribution is 2.31. The van der Waals surface area contributed by atoms with Crippen LogP contribution < -0.4 is 5.73 Å². The van der Waals surface area contributed by atoms with Crippen molar-refractivity contribution in [2.45, 2.75) is 12.5 Å². The lowest BCUT2D eigenvalue weighted by Gasteiger charge is -2.18. The summed E-state index contributed by atoms with van der Waals surface area (Å²) in [4.78, 5) is 4.12. The maximum atomic E-state index is 13.1. The van der Waals surface area contributed by atoms with Gasteiger partial charge in [0.2, 0.25) is 0 Å². The molecule has 0 saturated carbocycles. The second-order valence-electron chi connectivity index (χ2n) is 3.67. The van der Waals surface area contributed by atoms with Crippen LogP contribution >= 0.6 is 11.6 Å². The summed E-state index contributed by atoms with van der Waals surface area (Å²) in [5.74, 6) is -0.389. The fourth-order valence-corrected chi connectivity index (χ4v) is 1.76. The smallest absolute Gasteiger partial charge is 0.283 e. The van der Waals surface area contributed by atoms with E-state index in [2.05, 4.69) is 4.99 Å². The van der Waals surface area contributed by atoms with E-state index in [1.165, 1.54) is 12.1 Å². The Bertz CT molecular complexity index is 415. The van der Waals surface area contributed by atoms with E-state index < -0.39 is 5.54 Å². The van der Waals surface area contributed by atoms with Crippen molar-refractivity contribution >= 4 is 17.6 Å². The summed E-state index contributed by atoms with van der Waals surface area (Å²) < 4.78 is 18.2. The van der Waals surface area contributed by atoms with Crippen LogP contribution in [0.2, 0.25) is 5.02 Å². The molecule has 0 fully saturated rings. The molecular formula is C10H10ClFN2O. The predicted octanol–water partition coefficient (Wildman–Crippen LogP) is 2.04. The summed E-state index contributed by atoms with van der Waals surface area (Å²) in [5.41, 5.74) is 5.44. The molecule has 1 aromatic rings. The molecule has 2 N–H and O–H groups in total. The molecule has 1 aromatic carbocycles. The molecule has 1 heterocycles. The van der Waals surface area contributed by atoms with Gasteiger partial charge in [0, 0.05) is 5.02 Å². The van der Waals surface area contributed by atoms with Gasteiger partial charge in [-0.25, -0.2) is 9.38 Å². The van der Waals surface area contributed by atoms with Crippen LogP contribution in [-0.4, -0.2) is 12.6 Å². The molecule has 0 amide bonds. The molecule has 80 valence electrons. The standard InChI is InChI=1S/C10H10ClFN2O/c1-10(5-15-9(13)14-10)6-2-7(11)4-8(12)3-6/h2-4H,5H2,1H3,(H2,13,14). The van der Waals surface area contributed by atoms with E-state index in [0.29, 0.717) is 17.2 Å². The van der Waals surface area contributed by atoms with Gasteiger partial charge in [-0.2, -0.15) is 0 Å². The Morgan fingerprint density at radius 3 is 2.80 bits per heavy atom. The number of halogens is 2. The number of nitrogens with zero attached hydrogens (tertiary/aromatic N) is 1. The number of aliphatic imine (C=N–C) groups is 1. The molecule has 1 aliphatic heterocycles. The molecule has 0 aromatic heterocycles. The van der Waals surface area contributed by atoms with E-state index in [9.17, 15) is 4.39 Å². The first-order chi connectivity index (χ1) is 6.99. The van der Waals surface area contributed by atoms with Crippen LogP contribution in [0.25, 0.3) is 0 Å². The van der Waals surface area contributed by atoms with Crippen molar-refractivity contribution in [3.8, 4) is 0 Å². The molecule has 15 heavy (non-hydrogen) atoms. The van der Waals surface area contributed by atoms with Crippen LogP contribution in [0.1, 0.15) is 12.5 Å². The van der Waals surface area contributed by atoms with E-state index in [-0.39, 0.29) is 11.8 Å². The Kier molecular flexibility index (Phi) is 2.31. The molecule has 1 aliphatic rings. The Balaban J connectivity index is 2.45. The van der Waals surface area contributed by atoms with Gasteiger partial charge in [-0.1, -0.05) is 11.6 Å². The van der Waals surface area contributed by atoms with Crippen LogP contribution in [0.4, 0.5) is 4.39 Å². The molecule has 0 saturated heterocycles. The van der Waals surface area contributed by atoms with Crippen molar-refractivity contribution in [1.82, 2.24) is 0 Å². The predicted molar refractivity (Wildman–Crippen MR) is 56.3 cm³/mol. The average Bonchev–Trinajstić information content (AvgIpc) is 2.46. The molecule has 0 aliphatic carbocycles. The van der Waals surface area contributed by atoms with Gasteiger partial charge in [-0.3, -0.25) is 0 Å². The summed E-state index contributed by atoms with van der Waals surface area (Å²) >= 11 is 5.77. The summed E-state index contributed by atoms with van der Waals surface area (Å²) in [6, 6.07) is 4.42. The number of rotatable bonds is 1. The fraction of sp³-hybridized carbons (Fsp3) is 0.300. The number of amidine groups is 1. The molecule has 1 atom stereocenters. The fourth-order valence-electron chi connectivity index (χ4n) is 1.53. The number of ether oxygens (including phenoxy) is 1. The van der Waals surface area contributed by atoms with Gasteiger partial charge in [0.05, 0.1) is 0 Å². The minimum Gasteiger partial charge on any atom is -0.462 e. The van der Waals surface area contributed by atoms with Crippen molar-refractivity contribution in [2.75, 3.05) is 6.61 Å². The zero-order chi connectivity index (χ0) is 11.1. The molecule has 1 unspecified atom stereocenters. The number of hydrogen-bond acceptors (Lipinski definition) is 3. The lowest BCUT2D eigenvalue weighted by molar-refractivity contribution is 0.266. The molecular weight excluding hydrogens is 219 g/mol. The second-order valence-corrected chi connectivity index (χ2v) is 4.11. The molecule has 0 spiro atoms. The van der Waals surface area contributed by atoms with Crippen LogP contribution in [0.15, 0.2) is 23.2 Å². The summed E-state index contributed by atoms with van der Waals surface area (Å²) in [7, 11) is 0. The minimum absolute atomic E-state index is 0.123. The van der Waals surface area contributed by atoms with E-state index in [4.69, 9.17) is 22.1 Å². The molecule has 2 rings (SSSR count). The SMILES string of the molecule is CC1(c2cc(F)cc(Cl)c2)COC(N)=N1. The first kappa shape index (κ1) is 10.2. The van der Waals surface area contributed by atoms with Gasteiger partial charge in [0.25, 0.3) is 6.02 Å². The quantitative estimate of drug-likeness (QED) is 0.800. The summed E-state index contributed by atoms with van der Waals surface area (Å²) in [5, 5.41) is 0.340. The van der Waals surface area contributed by atoms with Crippen molar-refractivity contribution in [2.24, 2.45) is 10.7 Å². The zero-order valence-electron chi connectivity index (χ0n) is 8.13. The second kappa shape index (κ2) is 3.38. The number of nitrogens with two attached hydrogens (primary N) is 1. The highest BCUT2D eigenvalue weighted by molar-refractivity contribution is 6.30. The maximum Gasteiger partial charge on any atom is 0.283 e. The van der Waals surface area contributed by atoms with Gasteiger partial charge in [0.1, 0.15) is 18.0 Å². The van der Waals surface area contributed by atoms with Gasteiger partial charge in [-0.05, 0) is 30.7 Å². The lowest BCUT2D eigenvalue weighted by Crippen LogP contribution is -2.20. The topological polar surface area (TPSA) is 47.6 Å². The zero-order valence-corrected chi connectivity index (χ0v) is 8.88. The number of hydrogen-bond donors (Lipinski definition) is 1. The highest BCUT2D eigenvalue weighted by atomic mass is 35.5. The van der Waals surface area contributed by atoms with Crippen molar-refractivity contribution in [1.29, 1.82) is 0 Å². The van der Waals surface area contributed by atoms with E-state index in [1.54, 1.807) is 6.07 Å². The Hall–Kier alpha value is -1.29. The van der Waals surface area contributed by atoms with Crippen molar-refractivity contribution in [3.63, 3.8) is 0 Å². The normalized spacial score (nSPS) is 24.9. The third-order valence-electron chi connectivity index (χ3n) is 2.34. The van der Waals surface area contributed by atoms with Crippen molar-refractivity contribution in [3.05, 3.63) is 34.6 Å². The average molecular weight is 229 g/mol. The first-order valence-corrected chi connectivity index (χ1v) is 4.82. The Morgan fingerprint density at radius 2 is 2.27 bits per heavy atom. The third kappa shape index (κ3) is 1.90. The van der Waals surface area contributed by atoms with E-state index in [0.717, 1.165) is 0 Å². The van der Waals surface area contributed by atoms with Crippen LogP contribution in [0, 0.1) is 5.82 Å². The molecule has 5 heteroatoms. The van der Waals surface area contributed by atoms with Crippen LogP contribution in [-0.2, 0) is 10.3 Å². The summed E-state index contributed by atoms with van der Waals surface area (Å²) in [6.45, 7) is 2.12. The molecule has 0 radical (unpaired) electrons. The van der Waals surface area contributed by atoms with Gasteiger partial charge in [0.15, 0.2) is 0 Å². The minimum atomic E-state index is -0.643. The summed E-state index contributed by atoms with van der Waals surface area (Å²) in [6.07, 6.45) is 0. The lowest BCUT2D eigenvalue weighted by atomic mass is 9.94. The number of benzene rings is 1. The third-order valence-corrected chi connectivity index (χ3v) is 2.56. The van der Waals surface area contributed by atoms with Crippen molar-refractivity contribution < 1.29 is 9.13 Å². The largest absolute Gasteiger partial charge is 0.462 e. The van der Waals surface area contributed by atoms with Gasteiger partial charge >= 0.3 is 0 Å². The van der Waals surface area contributed by atoms with Crippen LogP contribution in [0.3, 0.4) is 0 Å². The molecule has 3 nitrogen and oxygen atoms in total. The first-order valence-electron chi connectivity index (χ1n) is 4.44. The Labute approximate surface area is 91.7 Å². The maximum absolute atomic E-state index is 13.1.